The van der Waals surface area contributed by atoms with Gasteiger partial charge in [0.15, 0.2) is 0 Å². The summed E-state index contributed by atoms with van der Waals surface area (Å²) < 4.78 is 0. The molecule has 4 aliphatic rings. The third kappa shape index (κ3) is 1.98. The van der Waals surface area contributed by atoms with Gasteiger partial charge in [-0.2, -0.15) is 0 Å². The molecule has 0 radical (unpaired) electrons. The predicted octanol–water partition coefficient (Wildman–Crippen LogP) is 4.96. The molecule has 2 heteroatoms. The average molecular weight is 340 g/mol. The first-order valence-corrected chi connectivity index (χ1v) is 10.6. The van der Waals surface area contributed by atoms with E-state index >= 15 is 0 Å². The fraction of sp³-hybridized carbons (Fsp3) is 0.783. The first kappa shape index (κ1) is 16.3. The number of aliphatic hydroxyl groups is 1. The van der Waals surface area contributed by atoms with Gasteiger partial charge in [0.2, 0.25) is 0 Å². The Bertz CT molecular complexity index is 686. The maximum absolute atomic E-state index is 10.6. The largest absolute Gasteiger partial charge is 0.393 e. The van der Waals surface area contributed by atoms with Crippen LogP contribution in [0.2, 0.25) is 0 Å². The SMILES string of the molecule is C[C@@H]1c2cccnc2C[C@H]2CC[C@@H]3[C@H]4CC[C@@H](O)[C@]4(C)CC[C@H]3[C@@]21C. The second-order valence-electron chi connectivity index (χ2n) is 10.1. The summed E-state index contributed by atoms with van der Waals surface area (Å²) >= 11 is 0. The van der Waals surface area contributed by atoms with Gasteiger partial charge in [-0.05, 0) is 97.0 Å². The number of hydrogen-bond acceptors (Lipinski definition) is 2. The van der Waals surface area contributed by atoms with Crippen molar-refractivity contribution >= 4 is 0 Å². The molecule has 3 saturated carbocycles. The van der Waals surface area contributed by atoms with Crippen LogP contribution in [0.15, 0.2) is 18.3 Å². The number of fused-ring (bicyclic) bond motifs is 6. The van der Waals surface area contributed by atoms with Gasteiger partial charge in [0.25, 0.3) is 0 Å². The van der Waals surface area contributed by atoms with Crippen molar-refractivity contribution in [1.82, 2.24) is 4.98 Å². The third-order valence-electron chi connectivity index (χ3n) is 9.68. The van der Waals surface area contributed by atoms with Gasteiger partial charge in [0.1, 0.15) is 0 Å². The summed E-state index contributed by atoms with van der Waals surface area (Å²) in [6, 6.07) is 4.47. The molecule has 0 saturated heterocycles. The van der Waals surface area contributed by atoms with Crippen LogP contribution in [0, 0.1) is 34.5 Å². The summed E-state index contributed by atoms with van der Waals surface area (Å²) in [5.41, 5.74) is 3.49. The average Bonchev–Trinajstić information content (AvgIpc) is 2.92. The van der Waals surface area contributed by atoms with E-state index in [-0.39, 0.29) is 11.5 Å². The van der Waals surface area contributed by atoms with Gasteiger partial charge in [-0.25, -0.2) is 0 Å². The van der Waals surface area contributed by atoms with Crippen LogP contribution in [-0.4, -0.2) is 16.2 Å². The van der Waals surface area contributed by atoms with E-state index in [1.807, 2.05) is 6.20 Å². The molecule has 0 aromatic carbocycles. The minimum absolute atomic E-state index is 0.0577. The quantitative estimate of drug-likeness (QED) is 0.724. The van der Waals surface area contributed by atoms with E-state index in [0.717, 1.165) is 30.1 Å². The van der Waals surface area contributed by atoms with E-state index in [4.69, 9.17) is 4.98 Å². The molecular formula is C23H33NO. The Balaban J connectivity index is 1.54. The Morgan fingerprint density at radius 1 is 1.08 bits per heavy atom. The summed E-state index contributed by atoms with van der Waals surface area (Å²) in [5, 5.41) is 10.6. The molecule has 0 amide bonds. The lowest BCUT2D eigenvalue weighted by atomic mass is 9.43. The van der Waals surface area contributed by atoms with Crippen LogP contribution >= 0.6 is 0 Å². The number of nitrogens with zero attached hydrogens (tertiary/aromatic N) is 1. The van der Waals surface area contributed by atoms with Crippen LogP contribution in [0.3, 0.4) is 0 Å². The molecule has 4 aliphatic carbocycles. The Morgan fingerprint density at radius 3 is 2.76 bits per heavy atom. The van der Waals surface area contributed by atoms with Crippen molar-refractivity contribution in [3.05, 3.63) is 29.6 Å². The first-order chi connectivity index (χ1) is 12.0. The summed E-state index contributed by atoms with van der Waals surface area (Å²) in [7, 11) is 0. The highest BCUT2D eigenvalue weighted by Crippen LogP contribution is 2.67. The number of hydrogen-bond donors (Lipinski definition) is 1. The molecule has 1 N–H and O–H groups in total. The fourth-order valence-electron chi connectivity index (χ4n) is 8.02. The number of rotatable bonds is 0. The van der Waals surface area contributed by atoms with Gasteiger partial charge < -0.3 is 5.11 Å². The van der Waals surface area contributed by atoms with Gasteiger partial charge in [-0.15, -0.1) is 0 Å². The highest BCUT2D eigenvalue weighted by atomic mass is 16.3. The monoisotopic (exact) mass is 339 g/mol. The molecule has 8 atom stereocenters. The van der Waals surface area contributed by atoms with Crippen LogP contribution in [0.25, 0.3) is 0 Å². The van der Waals surface area contributed by atoms with Crippen LogP contribution in [0.4, 0.5) is 0 Å². The standard InChI is InChI=1S/C23H33NO/c1-14-16-5-4-12-24-20(16)13-15-6-7-17-18-8-9-21(25)22(18,2)11-10-19(17)23(14,15)3/h4-5,12,14-15,17-19,21,25H,6-11,13H2,1-3H3/t14-,15-,17-,18-,19-,21-,22-,23-/m1/s1. The molecule has 3 fully saturated rings. The van der Waals surface area contributed by atoms with Gasteiger partial charge in [0.05, 0.1) is 6.10 Å². The Labute approximate surface area is 152 Å². The van der Waals surface area contributed by atoms with Crippen molar-refractivity contribution in [1.29, 1.82) is 0 Å². The summed E-state index contributed by atoms with van der Waals surface area (Å²) in [6.07, 6.45) is 10.7. The lowest BCUT2D eigenvalue weighted by Crippen LogP contribution is -2.55. The Kier molecular flexibility index (Phi) is 3.46. The maximum Gasteiger partial charge on any atom is 0.0596 e. The summed E-state index contributed by atoms with van der Waals surface area (Å²) in [4.78, 5) is 4.74. The molecule has 25 heavy (non-hydrogen) atoms. The van der Waals surface area contributed by atoms with E-state index in [1.165, 1.54) is 49.8 Å². The predicted molar refractivity (Wildman–Crippen MR) is 100 cm³/mol. The number of pyridine rings is 1. The normalized spacial score (nSPS) is 51.2. The molecular weight excluding hydrogens is 306 g/mol. The zero-order chi connectivity index (χ0) is 17.4. The number of aromatic nitrogens is 1. The highest BCUT2D eigenvalue weighted by Gasteiger charge is 2.61. The van der Waals surface area contributed by atoms with Crippen LogP contribution in [-0.2, 0) is 6.42 Å². The second-order valence-corrected chi connectivity index (χ2v) is 10.1. The van der Waals surface area contributed by atoms with Crippen molar-refractivity contribution in [3.63, 3.8) is 0 Å². The Hall–Kier alpha value is -0.890. The van der Waals surface area contributed by atoms with Crippen LogP contribution < -0.4 is 0 Å². The van der Waals surface area contributed by atoms with Gasteiger partial charge >= 0.3 is 0 Å². The van der Waals surface area contributed by atoms with E-state index < -0.39 is 0 Å². The second kappa shape index (κ2) is 5.31. The van der Waals surface area contributed by atoms with E-state index in [2.05, 4.69) is 32.9 Å². The van der Waals surface area contributed by atoms with Crippen molar-refractivity contribution < 1.29 is 5.11 Å². The number of aliphatic hydroxyl groups excluding tert-OH is 1. The topological polar surface area (TPSA) is 33.1 Å². The van der Waals surface area contributed by atoms with E-state index in [9.17, 15) is 5.11 Å². The molecule has 5 rings (SSSR count). The van der Waals surface area contributed by atoms with Gasteiger partial charge in [-0.1, -0.05) is 26.8 Å². The van der Waals surface area contributed by atoms with E-state index in [0.29, 0.717) is 11.3 Å². The smallest absolute Gasteiger partial charge is 0.0596 e. The van der Waals surface area contributed by atoms with Crippen molar-refractivity contribution in [2.45, 2.75) is 77.7 Å². The molecule has 1 aromatic rings. The zero-order valence-electron chi connectivity index (χ0n) is 16.0. The molecule has 0 aliphatic heterocycles. The van der Waals surface area contributed by atoms with Crippen molar-refractivity contribution in [2.24, 2.45) is 34.5 Å². The molecule has 0 unspecified atom stereocenters. The summed E-state index contributed by atoms with van der Waals surface area (Å²) in [5.74, 6) is 3.82. The third-order valence-corrected chi connectivity index (χ3v) is 9.68. The molecule has 136 valence electrons. The molecule has 1 aromatic heterocycles. The highest BCUT2D eigenvalue weighted by molar-refractivity contribution is 5.32. The molecule has 0 bridgehead atoms. The zero-order valence-corrected chi connectivity index (χ0v) is 16.0. The lowest BCUT2D eigenvalue weighted by Gasteiger charge is -2.62. The minimum Gasteiger partial charge on any atom is -0.393 e. The van der Waals surface area contributed by atoms with Crippen molar-refractivity contribution in [2.75, 3.05) is 0 Å². The van der Waals surface area contributed by atoms with Gasteiger partial charge in [-0.3, -0.25) is 4.98 Å². The lowest BCUT2D eigenvalue weighted by molar-refractivity contribution is -0.120. The van der Waals surface area contributed by atoms with E-state index in [1.54, 1.807) is 0 Å². The maximum atomic E-state index is 10.6. The van der Waals surface area contributed by atoms with Crippen molar-refractivity contribution in [3.8, 4) is 0 Å². The van der Waals surface area contributed by atoms with Crippen LogP contribution in [0.1, 0.15) is 76.5 Å². The van der Waals surface area contributed by atoms with Crippen LogP contribution in [0.5, 0.6) is 0 Å². The Morgan fingerprint density at radius 2 is 1.92 bits per heavy atom. The summed E-state index contributed by atoms with van der Waals surface area (Å²) in [6.45, 7) is 7.49. The minimum atomic E-state index is -0.0577. The first-order valence-electron chi connectivity index (χ1n) is 10.6. The fourth-order valence-corrected chi connectivity index (χ4v) is 8.02. The molecule has 1 heterocycles. The molecule has 2 nitrogen and oxygen atoms in total. The molecule has 0 spiro atoms. The van der Waals surface area contributed by atoms with Gasteiger partial charge in [0, 0.05) is 11.9 Å².